The number of alkyl halides is 3. The van der Waals surface area contributed by atoms with E-state index in [4.69, 9.17) is 37.6 Å². The molecule has 286 valence electrons. The summed E-state index contributed by atoms with van der Waals surface area (Å²) >= 11 is 0. The number of rotatable bonds is 9. The Labute approximate surface area is 285 Å². The van der Waals surface area contributed by atoms with E-state index in [9.17, 15) is 41.9 Å². The summed E-state index contributed by atoms with van der Waals surface area (Å²) in [6.07, 6.45) is -2.24. The second-order valence-electron chi connectivity index (χ2n) is 10.7. The van der Waals surface area contributed by atoms with Gasteiger partial charge in [-0.2, -0.15) is 13.2 Å². The lowest BCUT2D eigenvalue weighted by Gasteiger charge is -2.24. The first kappa shape index (κ1) is 45.2. The number of carbonyl (C=O) groups excluding carboxylic acids is 6. The summed E-state index contributed by atoms with van der Waals surface area (Å²) in [6.45, 7) is 0.976. The first-order valence-corrected chi connectivity index (χ1v) is 15.5. The van der Waals surface area contributed by atoms with Gasteiger partial charge in [-0.15, -0.1) is 0 Å². The molecule has 0 bridgehead atoms. The van der Waals surface area contributed by atoms with E-state index in [-0.39, 0.29) is 38.6 Å². The minimum Gasteiger partial charge on any atom is -0.475 e. The van der Waals surface area contributed by atoms with Gasteiger partial charge in [0.2, 0.25) is 35.4 Å². The topological polar surface area (TPSA) is 338 Å². The van der Waals surface area contributed by atoms with E-state index < -0.39 is 84.8 Å². The number of nitrogens with one attached hydrogen (secondary N) is 6. The second kappa shape index (κ2) is 24.4. The molecule has 0 radical (unpaired) electrons. The standard InChI is InChI=1S/C25H47N11O7.C2HF3O2/c1-15-21(39)34-17(7-3-5-10-27)24(42)35-16(6-2-4-9-26)23(41)32-14-43-11-8-18(36-25(28)29)22(40)31-12-19(37)30-13-20(38)33-15;3-2(4,5)1(6)7/h15-18H,2-14,26-27H2,1H3,(H,30,37)(H,31,40)(H,32,41)(H,33,38)(H,34,39)(H,35,42)(H4,28,29,36);(H,6,7)/t15-,16+,17+,18-;/m1./s1. The van der Waals surface area contributed by atoms with Crippen LogP contribution < -0.4 is 54.8 Å². The van der Waals surface area contributed by atoms with Crippen LogP contribution in [0.4, 0.5) is 13.2 Å². The summed E-state index contributed by atoms with van der Waals surface area (Å²) in [5.41, 5.74) is 22.0. The normalized spacial score (nSPS) is 22.3. The Kier molecular flexibility index (Phi) is 22.1. The number of carbonyl (C=O) groups is 7. The highest BCUT2D eigenvalue weighted by atomic mass is 19.4. The number of guanidine groups is 1. The molecule has 1 fully saturated rings. The van der Waals surface area contributed by atoms with Crippen molar-refractivity contribution >= 4 is 47.4 Å². The second-order valence-corrected chi connectivity index (χ2v) is 10.7. The highest BCUT2D eigenvalue weighted by Crippen LogP contribution is 2.13. The highest BCUT2D eigenvalue weighted by molar-refractivity contribution is 5.95. The number of aliphatic imine (C=N–C) groups is 1. The number of unbranched alkanes of at least 4 members (excludes halogenated alkanes) is 2. The van der Waals surface area contributed by atoms with Gasteiger partial charge in [0.15, 0.2) is 5.96 Å². The fraction of sp³-hybridized carbons (Fsp3) is 0.704. The van der Waals surface area contributed by atoms with Gasteiger partial charge in [0.25, 0.3) is 0 Å². The average Bonchev–Trinajstić information content (AvgIpc) is 3.03. The van der Waals surface area contributed by atoms with Crippen molar-refractivity contribution in [2.45, 2.75) is 82.2 Å². The minimum atomic E-state index is -5.08. The summed E-state index contributed by atoms with van der Waals surface area (Å²) in [6, 6.07) is -4.11. The van der Waals surface area contributed by atoms with Crippen LogP contribution in [-0.2, 0) is 38.3 Å². The van der Waals surface area contributed by atoms with E-state index in [2.05, 4.69) is 36.9 Å². The Morgan fingerprint density at radius 3 is 1.84 bits per heavy atom. The summed E-state index contributed by atoms with van der Waals surface area (Å²) in [7, 11) is 0. The molecular formula is C27H48F3N11O9. The zero-order chi connectivity index (χ0) is 38.3. The van der Waals surface area contributed by atoms with Crippen LogP contribution >= 0.6 is 0 Å². The predicted octanol–water partition coefficient (Wildman–Crippen LogP) is -4.28. The maximum atomic E-state index is 13.3. The monoisotopic (exact) mass is 727 g/mol. The Balaban J connectivity index is 0.00000308. The molecule has 0 aromatic heterocycles. The molecule has 20 nitrogen and oxygen atoms in total. The fourth-order valence-electron chi connectivity index (χ4n) is 3.92. The molecule has 4 atom stereocenters. The van der Waals surface area contributed by atoms with Gasteiger partial charge in [-0.05, 0) is 58.5 Å². The van der Waals surface area contributed by atoms with Crippen molar-refractivity contribution in [1.82, 2.24) is 31.9 Å². The van der Waals surface area contributed by atoms with Gasteiger partial charge in [-0.1, -0.05) is 0 Å². The fourth-order valence-corrected chi connectivity index (χ4v) is 3.92. The summed E-state index contributed by atoms with van der Waals surface area (Å²) in [4.78, 5) is 88.8. The number of aliphatic carboxylic acids is 1. The van der Waals surface area contributed by atoms with Crippen LogP contribution in [0, 0.1) is 0 Å². The van der Waals surface area contributed by atoms with Crippen LogP contribution in [0.3, 0.4) is 0 Å². The van der Waals surface area contributed by atoms with E-state index in [1.54, 1.807) is 0 Å². The van der Waals surface area contributed by atoms with Crippen LogP contribution in [0.15, 0.2) is 4.99 Å². The molecular weight excluding hydrogens is 679 g/mol. The SMILES string of the molecule is C[C@H]1NC(=O)CNC(=O)CNC(=O)[C@H](N=C(N)N)CCOCNC(=O)[C@H](CCCCN)NC(=O)[C@H](CCCCN)NC1=O.O=C(O)C(F)(F)F. The van der Waals surface area contributed by atoms with Gasteiger partial charge in [0.05, 0.1) is 19.7 Å². The number of ether oxygens (including phenoxy) is 1. The molecule has 23 heteroatoms. The van der Waals surface area contributed by atoms with E-state index in [1.807, 2.05) is 0 Å². The largest absolute Gasteiger partial charge is 0.490 e. The lowest BCUT2D eigenvalue weighted by molar-refractivity contribution is -0.192. The zero-order valence-electron chi connectivity index (χ0n) is 27.6. The molecule has 0 spiro atoms. The highest BCUT2D eigenvalue weighted by Gasteiger charge is 2.38. The molecule has 1 heterocycles. The van der Waals surface area contributed by atoms with E-state index in [0.29, 0.717) is 38.8 Å². The van der Waals surface area contributed by atoms with Crippen molar-refractivity contribution in [2.24, 2.45) is 27.9 Å². The van der Waals surface area contributed by atoms with Crippen LogP contribution in [0.5, 0.6) is 0 Å². The number of carboxylic acids is 1. The van der Waals surface area contributed by atoms with Crippen LogP contribution in [-0.4, -0.2) is 122 Å². The maximum absolute atomic E-state index is 13.3. The van der Waals surface area contributed by atoms with Crippen molar-refractivity contribution in [3.05, 3.63) is 0 Å². The number of hydrogen-bond acceptors (Lipinski definition) is 11. The Hall–Kier alpha value is -4.77. The van der Waals surface area contributed by atoms with Crippen molar-refractivity contribution in [3.63, 3.8) is 0 Å². The Bertz CT molecular complexity index is 1170. The molecule has 1 aliphatic heterocycles. The van der Waals surface area contributed by atoms with Crippen LogP contribution in [0.25, 0.3) is 0 Å². The first-order valence-electron chi connectivity index (χ1n) is 15.5. The molecule has 0 unspecified atom stereocenters. The zero-order valence-corrected chi connectivity index (χ0v) is 27.6. The van der Waals surface area contributed by atoms with E-state index in [0.717, 1.165) is 0 Å². The Morgan fingerprint density at radius 1 is 0.800 bits per heavy atom. The van der Waals surface area contributed by atoms with Gasteiger partial charge < -0.3 is 64.7 Å². The van der Waals surface area contributed by atoms with Gasteiger partial charge in [0, 0.05) is 6.42 Å². The van der Waals surface area contributed by atoms with Crippen molar-refractivity contribution in [3.8, 4) is 0 Å². The number of carboxylic acid groups (broad SMARTS) is 1. The first-order chi connectivity index (χ1) is 23.4. The van der Waals surface area contributed by atoms with Gasteiger partial charge >= 0.3 is 12.1 Å². The van der Waals surface area contributed by atoms with Gasteiger partial charge in [-0.25, -0.2) is 9.79 Å². The van der Waals surface area contributed by atoms with E-state index in [1.165, 1.54) is 6.92 Å². The molecule has 15 N–H and O–H groups in total. The lowest BCUT2D eigenvalue weighted by atomic mass is 10.1. The van der Waals surface area contributed by atoms with Gasteiger partial charge in [0.1, 0.15) is 30.9 Å². The molecule has 1 saturated heterocycles. The van der Waals surface area contributed by atoms with Crippen LogP contribution in [0.1, 0.15) is 51.9 Å². The maximum Gasteiger partial charge on any atom is 0.490 e. The summed E-state index contributed by atoms with van der Waals surface area (Å²) in [5, 5.41) is 22.2. The third-order valence-corrected chi connectivity index (χ3v) is 6.53. The van der Waals surface area contributed by atoms with E-state index >= 15 is 0 Å². The number of amides is 6. The molecule has 1 rings (SSSR count). The summed E-state index contributed by atoms with van der Waals surface area (Å²) in [5.74, 6) is -6.90. The predicted molar refractivity (Wildman–Crippen MR) is 170 cm³/mol. The quantitative estimate of drug-likeness (QED) is 0.0609. The van der Waals surface area contributed by atoms with Crippen molar-refractivity contribution in [2.75, 3.05) is 39.5 Å². The third-order valence-electron chi connectivity index (χ3n) is 6.53. The van der Waals surface area contributed by atoms with Gasteiger partial charge in [-0.3, -0.25) is 28.8 Å². The summed E-state index contributed by atoms with van der Waals surface area (Å²) < 4.78 is 37.2. The average molecular weight is 728 g/mol. The Morgan fingerprint density at radius 2 is 1.32 bits per heavy atom. The number of nitrogens with two attached hydrogens (primary N) is 4. The van der Waals surface area contributed by atoms with Crippen molar-refractivity contribution in [1.29, 1.82) is 0 Å². The molecule has 50 heavy (non-hydrogen) atoms. The molecule has 0 aliphatic carbocycles. The minimum absolute atomic E-state index is 0.0162. The van der Waals surface area contributed by atoms with Crippen molar-refractivity contribution < 1.29 is 56.6 Å². The molecule has 6 amide bonds. The molecule has 1 aliphatic rings. The molecule has 0 aromatic rings. The smallest absolute Gasteiger partial charge is 0.475 e. The van der Waals surface area contributed by atoms with Crippen LogP contribution in [0.2, 0.25) is 0 Å². The molecule has 0 saturated carbocycles. The lowest BCUT2D eigenvalue weighted by Crippen LogP contribution is -2.56. The molecule has 0 aromatic carbocycles. The number of halogens is 3. The number of nitrogens with zero attached hydrogens (tertiary/aromatic N) is 1. The third kappa shape index (κ3) is 20.6. The number of hydrogen-bond donors (Lipinski definition) is 11.